The van der Waals surface area contributed by atoms with E-state index < -0.39 is 5.82 Å². The third-order valence-corrected chi connectivity index (χ3v) is 3.49. The van der Waals surface area contributed by atoms with Gasteiger partial charge in [-0.3, -0.25) is 4.79 Å². The van der Waals surface area contributed by atoms with E-state index in [9.17, 15) is 9.18 Å². The van der Waals surface area contributed by atoms with Crippen LogP contribution in [0.4, 0.5) is 10.1 Å². The minimum atomic E-state index is -0.520. The Hall–Kier alpha value is -1.13. The molecule has 2 atom stereocenters. The van der Waals surface area contributed by atoms with Gasteiger partial charge in [0, 0.05) is 17.6 Å². The topological polar surface area (TPSA) is 41.1 Å². The number of nitrogens with one attached hydrogen (secondary N) is 2. The van der Waals surface area contributed by atoms with Crippen LogP contribution >= 0.6 is 11.6 Å². The molecule has 0 bridgehead atoms. The maximum atomic E-state index is 13.2. The molecule has 1 saturated heterocycles. The van der Waals surface area contributed by atoms with E-state index in [1.807, 2.05) is 0 Å². The number of anilines is 1. The lowest BCUT2D eigenvalue weighted by atomic mass is 9.92. The fraction of sp³-hybridized carbons (Fsp3) is 0.462. The van der Waals surface area contributed by atoms with Crippen LogP contribution in [-0.4, -0.2) is 18.5 Å². The summed E-state index contributed by atoms with van der Waals surface area (Å²) in [5.41, 5.74) is 0.452. The zero-order valence-electron chi connectivity index (χ0n) is 10.2. The molecule has 1 aliphatic heterocycles. The summed E-state index contributed by atoms with van der Waals surface area (Å²) < 4.78 is 13.2. The fourth-order valence-corrected chi connectivity index (χ4v) is 2.31. The van der Waals surface area contributed by atoms with Crippen molar-refractivity contribution < 1.29 is 9.18 Å². The van der Waals surface area contributed by atoms with E-state index in [-0.39, 0.29) is 16.8 Å². The van der Waals surface area contributed by atoms with Gasteiger partial charge in [-0.15, -0.1) is 0 Å². The van der Waals surface area contributed by atoms with Gasteiger partial charge in [0.25, 0.3) is 0 Å². The van der Waals surface area contributed by atoms with Crippen molar-refractivity contribution in [3.8, 4) is 0 Å². The Balaban J connectivity index is 2.00. The highest BCUT2D eigenvalue weighted by atomic mass is 35.5. The first-order valence-electron chi connectivity index (χ1n) is 6.05. The second-order valence-electron chi connectivity index (χ2n) is 4.69. The Morgan fingerprint density at radius 3 is 3.00 bits per heavy atom. The molecule has 18 heavy (non-hydrogen) atoms. The molecular formula is C13H16ClFN2O. The maximum absolute atomic E-state index is 13.2. The van der Waals surface area contributed by atoms with Gasteiger partial charge in [0.15, 0.2) is 0 Å². The number of hydrogen-bond acceptors (Lipinski definition) is 2. The third-order valence-electron chi connectivity index (χ3n) is 3.18. The van der Waals surface area contributed by atoms with E-state index in [1.165, 1.54) is 12.1 Å². The third kappa shape index (κ3) is 3.21. The number of piperidine rings is 1. The monoisotopic (exact) mass is 270 g/mol. The van der Waals surface area contributed by atoms with E-state index in [0.717, 1.165) is 19.4 Å². The van der Waals surface area contributed by atoms with Crippen molar-refractivity contribution in [3.63, 3.8) is 0 Å². The van der Waals surface area contributed by atoms with Crippen LogP contribution in [0.2, 0.25) is 5.02 Å². The van der Waals surface area contributed by atoms with Gasteiger partial charge >= 0.3 is 0 Å². The van der Waals surface area contributed by atoms with Gasteiger partial charge < -0.3 is 10.6 Å². The standard InChI is InChI=1S/C13H16ClFN2O/c1-8-6-9(4-5-16-8)13(18)17-10-2-3-11(14)12(15)7-10/h2-3,7-9,16H,4-6H2,1H3,(H,17,18)/t8-,9-/m0/s1. The van der Waals surface area contributed by atoms with Gasteiger partial charge in [-0.2, -0.15) is 0 Å². The minimum Gasteiger partial charge on any atom is -0.326 e. The largest absolute Gasteiger partial charge is 0.326 e. The Kier molecular flexibility index (Phi) is 4.19. The lowest BCUT2D eigenvalue weighted by Gasteiger charge is -2.27. The van der Waals surface area contributed by atoms with E-state index in [1.54, 1.807) is 6.07 Å². The first kappa shape index (κ1) is 13.3. The number of carbonyl (C=O) groups excluding carboxylic acids is 1. The van der Waals surface area contributed by atoms with Crippen LogP contribution in [0.3, 0.4) is 0 Å². The van der Waals surface area contributed by atoms with Crippen molar-refractivity contribution in [2.45, 2.75) is 25.8 Å². The molecule has 0 aromatic heterocycles. The number of halogens is 2. The fourth-order valence-electron chi connectivity index (χ4n) is 2.19. The SMILES string of the molecule is C[C@H]1C[C@@H](C(=O)Nc2ccc(Cl)c(F)c2)CCN1. The van der Waals surface area contributed by atoms with Crippen LogP contribution < -0.4 is 10.6 Å². The molecule has 1 fully saturated rings. The molecule has 1 amide bonds. The number of carbonyl (C=O) groups is 1. The van der Waals surface area contributed by atoms with Crippen molar-refractivity contribution in [1.82, 2.24) is 5.32 Å². The molecule has 0 aliphatic carbocycles. The van der Waals surface area contributed by atoms with Crippen LogP contribution in [0.1, 0.15) is 19.8 Å². The van der Waals surface area contributed by atoms with Crippen LogP contribution in [0.25, 0.3) is 0 Å². The first-order chi connectivity index (χ1) is 8.56. The van der Waals surface area contributed by atoms with Crippen LogP contribution in [0.15, 0.2) is 18.2 Å². The molecule has 5 heteroatoms. The summed E-state index contributed by atoms with van der Waals surface area (Å²) in [4.78, 5) is 12.0. The first-order valence-corrected chi connectivity index (χ1v) is 6.43. The quantitative estimate of drug-likeness (QED) is 0.868. The predicted molar refractivity (Wildman–Crippen MR) is 70.2 cm³/mol. The van der Waals surface area contributed by atoms with Crippen molar-refractivity contribution in [3.05, 3.63) is 29.0 Å². The summed E-state index contributed by atoms with van der Waals surface area (Å²) in [7, 11) is 0. The molecule has 0 radical (unpaired) electrons. The van der Waals surface area contributed by atoms with Crippen LogP contribution in [0, 0.1) is 11.7 Å². The molecule has 2 N–H and O–H groups in total. The van der Waals surface area contributed by atoms with Crippen molar-refractivity contribution >= 4 is 23.2 Å². The molecule has 1 aromatic rings. The van der Waals surface area contributed by atoms with Crippen LogP contribution in [-0.2, 0) is 4.79 Å². The summed E-state index contributed by atoms with van der Waals surface area (Å²) in [5.74, 6) is -0.585. The normalized spacial score (nSPS) is 23.7. The van der Waals surface area contributed by atoms with E-state index in [4.69, 9.17) is 11.6 Å². The molecule has 1 aliphatic rings. The van der Waals surface area contributed by atoms with E-state index >= 15 is 0 Å². The van der Waals surface area contributed by atoms with Gasteiger partial charge in [0.1, 0.15) is 5.82 Å². The van der Waals surface area contributed by atoms with Crippen molar-refractivity contribution in [2.75, 3.05) is 11.9 Å². The summed E-state index contributed by atoms with van der Waals surface area (Å²) in [6.45, 7) is 2.90. The Morgan fingerprint density at radius 2 is 2.33 bits per heavy atom. The molecule has 1 heterocycles. The minimum absolute atomic E-state index is 0.0139. The molecule has 98 valence electrons. The summed E-state index contributed by atoms with van der Waals surface area (Å²) in [6.07, 6.45) is 1.62. The average molecular weight is 271 g/mol. The molecular weight excluding hydrogens is 255 g/mol. The highest BCUT2D eigenvalue weighted by Crippen LogP contribution is 2.21. The molecule has 2 rings (SSSR count). The molecule has 0 spiro atoms. The van der Waals surface area contributed by atoms with Gasteiger partial charge in [-0.1, -0.05) is 11.6 Å². The van der Waals surface area contributed by atoms with Gasteiger partial charge in [0.2, 0.25) is 5.91 Å². The van der Waals surface area contributed by atoms with Gasteiger partial charge in [0.05, 0.1) is 5.02 Å². The number of amides is 1. The smallest absolute Gasteiger partial charge is 0.227 e. The highest BCUT2D eigenvalue weighted by Gasteiger charge is 2.24. The average Bonchev–Trinajstić information content (AvgIpc) is 2.34. The summed E-state index contributed by atoms with van der Waals surface area (Å²) in [6, 6.07) is 4.63. The lowest BCUT2D eigenvalue weighted by molar-refractivity contribution is -0.120. The Bertz CT molecular complexity index is 453. The second kappa shape index (κ2) is 5.67. The maximum Gasteiger partial charge on any atom is 0.227 e. The van der Waals surface area contributed by atoms with E-state index in [0.29, 0.717) is 11.7 Å². The van der Waals surface area contributed by atoms with Crippen molar-refractivity contribution in [1.29, 1.82) is 0 Å². The predicted octanol–water partition coefficient (Wildman–Crippen LogP) is 2.81. The van der Waals surface area contributed by atoms with E-state index in [2.05, 4.69) is 17.6 Å². The second-order valence-corrected chi connectivity index (χ2v) is 5.10. The molecule has 0 saturated carbocycles. The Morgan fingerprint density at radius 1 is 1.56 bits per heavy atom. The zero-order chi connectivity index (χ0) is 13.1. The number of hydrogen-bond donors (Lipinski definition) is 2. The summed E-state index contributed by atoms with van der Waals surface area (Å²) in [5, 5.41) is 6.08. The van der Waals surface area contributed by atoms with Gasteiger partial charge in [-0.05, 0) is 44.5 Å². The number of benzene rings is 1. The molecule has 1 aromatic carbocycles. The zero-order valence-corrected chi connectivity index (χ0v) is 10.9. The summed E-state index contributed by atoms with van der Waals surface area (Å²) >= 11 is 5.59. The van der Waals surface area contributed by atoms with Gasteiger partial charge in [-0.25, -0.2) is 4.39 Å². The molecule has 3 nitrogen and oxygen atoms in total. The Labute approximate surface area is 111 Å². The molecule has 0 unspecified atom stereocenters. The van der Waals surface area contributed by atoms with Crippen molar-refractivity contribution in [2.24, 2.45) is 5.92 Å². The number of rotatable bonds is 2. The highest BCUT2D eigenvalue weighted by molar-refractivity contribution is 6.30. The van der Waals surface area contributed by atoms with Crippen LogP contribution in [0.5, 0.6) is 0 Å². The lowest BCUT2D eigenvalue weighted by Crippen LogP contribution is -2.40.